The molecule has 0 aromatic heterocycles. The summed E-state index contributed by atoms with van der Waals surface area (Å²) in [6, 6.07) is 10.5. The average molecular weight is 287 g/mol. The molecule has 1 atom stereocenters. The van der Waals surface area contributed by atoms with Gasteiger partial charge in [0.25, 0.3) is 0 Å². The van der Waals surface area contributed by atoms with Crippen molar-refractivity contribution in [3.8, 4) is 0 Å². The topological polar surface area (TPSA) is 44.4 Å². The molecule has 21 heavy (non-hydrogen) atoms. The highest BCUT2D eigenvalue weighted by molar-refractivity contribution is 5.73. The van der Waals surface area contributed by atoms with Gasteiger partial charge in [-0.25, -0.2) is 4.79 Å². The zero-order chi connectivity index (χ0) is 14.9. The molecule has 4 nitrogen and oxygen atoms in total. The van der Waals surface area contributed by atoms with Crippen LogP contribution in [0.25, 0.3) is 0 Å². The van der Waals surface area contributed by atoms with Gasteiger partial charge in [-0.15, -0.1) is 6.58 Å². The smallest absolute Gasteiger partial charge is 0.315 e. The molecule has 1 fully saturated rings. The number of carbonyl (C=O) groups is 1. The number of benzene rings is 1. The second kappa shape index (κ2) is 8.47. The molecule has 1 saturated heterocycles. The van der Waals surface area contributed by atoms with Gasteiger partial charge in [0.1, 0.15) is 0 Å². The summed E-state index contributed by atoms with van der Waals surface area (Å²) in [6.07, 6.45) is 3.94. The van der Waals surface area contributed by atoms with Crippen LogP contribution in [0.5, 0.6) is 0 Å². The average Bonchev–Trinajstić information content (AvgIpc) is 2.98. The van der Waals surface area contributed by atoms with Gasteiger partial charge in [0, 0.05) is 26.2 Å². The van der Waals surface area contributed by atoms with E-state index in [0.717, 1.165) is 39.0 Å². The van der Waals surface area contributed by atoms with E-state index in [1.165, 1.54) is 5.56 Å². The fraction of sp³-hybridized carbons (Fsp3) is 0.471. The first-order chi connectivity index (χ1) is 10.3. The van der Waals surface area contributed by atoms with Gasteiger partial charge in [-0.1, -0.05) is 36.4 Å². The van der Waals surface area contributed by atoms with Crippen LogP contribution in [0.4, 0.5) is 4.79 Å². The summed E-state index contributed by atoms with van der Waals surface area (Å²) < 4.78 is 0. The van der Waals surface area contributed by atoms with E-state index in [2.05, 4.69) is 52.4 Å². The fourth-order valence-electron chi connectivity index (χ4n) is 2.68. The van der Waals surface area contributed by atoms with Crippen LogP contribution in [0.2, 0.25) is 0 Å². The van der Waals surface area contributed by atoms with Crippen LogP contribution in [-0.4, -0.2) is 43.7 Å². The zero-order valence-corrected chi connectivity index (χ0v) is 12.6. The Morgan fingerprint density at radius 1 is 1.33 bits per heavy atom. The molecular weight excluding hydrogens is 262 g/mol. The third-order valence-corrected chi connectivity index (χ3v) is 3.89. The first-order valence-corrected chi connectivity index (χ1v) is 7.67. The second-order valence-corrected chi connectivity index (χ2v) is 5.57. The van der Waals surface area contributed by atoms with Gasteiger partial charge in [0.05, 0.1) is 0 Å². The lowest BCUT2D eigenvalue weighted by Gasteiger charge is -2.16. The van der Waals surface area contributed by atoms with Crippen LogP contribution in [0.1, 0.15) is 12.0 Å². The van der Waals surface area contributed by atoms with Crippen molar-refractivity contribution < 1.29 is 4.79 Å². The molecule has 0 bridgehead atoms. The van der Waals surface area contributed by atoms with E-state index in [-0.39, 0.29) is 6.03 Å². The van der Waals surface area contributed by atoms with Gasteiger partial charge in [-0.2, -0.15) is 0 Å². The van der Waals surface area contributed by atoms with Gasteiger partial charge in [-0.05, 0) is 30.9 Å². The van der Waals surface area contributed by atoms with Gasteiger partial charge in [0.15, 0.2) is 0 Å². The first kappa shape index (κ1) is 15.6. The van der Waals surface area contributed by atoms with E-state index in [4.69, 9.17) is 0 Å². The predicted molar refractivity (Wildman–Crippen MR) is 86.3 cm³/mol. The first-order valence-electron chi connectivity index (χ1n) is 7.67. The number of amides is 2. The Morgan fingerprint density at radius 2 is 2.14 bits per heavy atom. The van der Waals surface area contributed by atoms with Crippen molar-refractivity contribution in [2.75, 3.05) is 32.7 Å². The molecule has 2 rings (SSSR count). The Kier molecular flexibility index (Phi) is 6.28. The SMILES string of the molecule is C=CCNC(=O)NC[C@@H]1CCN(CCc2ccccc2)C1. The van der Waals surface area contributed by atoms with Crippen molar-refractivity contribution in [3.63, 3.8) is 0 Å². The largest absolute Gasteiger partial charge is 0.338 e. The predicted octanol–water partition coefficient (Wildman–Crippen LogP) is 2.04. The van der Waals surface area contributed by atoms with Crippen molar-refractivity contribution in [1.29, 1.82) is 0 Å². The summed E-state index contributed by atoms with van der Waals surface area (Å²) in [7, 11) is 0. The van der Waals surface area contributed by atoms with Crippen LogP contribution in [-0.2, 0) is 6.42 Å². The molecule has 0 radical (unpaired) electrons. The minimum Gasteiger partial charge on any atom is -0.338 e. The molecule has 0 spiro atoms. The molecule has 2 amide bonds. The van der Waals surface area contributed by atoms with Gasteiger partial charge < -0.3 is 15.5 Å². The summed E-state index contributed by atoms with van der Waals surface area (Å²) in [6.45, 7) is 8.16. The molecular formula is C17H25N3O. The summed E-state index contributed by atoms with van der Waals surface area (Å²) in [5, 5.41) is 5.66. The Labute approximate surface area is 127 Å². The van der Waals surface area contributed by atoms with E-state index in [9.17, 15) is 4.79 Å². The number of nitrogens with zero attached hydrogens (tertiary/aromatic N) is 1. The van der Waals surface area contributed by atoms with E-state index >= 15 is 0 Å². The zero-order valence-electron chi connectivity index (χ0n) is 12.6. The van der Waals surface area contributed by atoms with E-state index in [1.54, 1.807) is 6.08 Å². The lowest BCUT2D eigenvalue weighted by Crippen LogP contribution is -2.38. The summed E-state index contributed by atoms with van der Waals surface area (Å²) in [5.41, 5.74) is 1.39. The minimum absolute atomic E-state index is 0.0994. The van der Waals surface area contributed by atoms with Crippen molar-refractivity contribution in [2.45, 2.75) is 12.8 Å². The van der Waals surface area contributed by atoms with Crippen LogP contribution in [0.3, 0.4) is 0 Å². The summed E-state index contributed by atoms with van der Waals surface area (Å²) in [4.78, 5) is 14.0. The monoisotopic (exact) mass is 287 g/mol. The maximum absolute atomic E-state index is 11.5. The van der Waals surface area contributed by atoms with Crippen molar-refractivity contribution in [3.05, 3.63) is 48.6 Å². The summed E-state index contributed by atoms with van der Waals surface area (Å²) in [5.74, 6) is 0.565. The van der Waals surface area contributed by atoms with Crippen molar-refractivity contribution in [2.24, 2.45) is 5.92 Å². The van der Waals surface area contributed by atoms with Crippen LogP contribution < -0.4 is 10.6 Å². The lowest BCUT2D eigenvalue weighted by atomic mass is 10.1. The number of urea groups is 1. The third kappa shape index (κ3) is 5.60. The molecule has 0 saturated carbocycles. The minimum atomic E-state index is -0.0994. The van der Waals surface area contributed by atoms with E-state index in [0.29, 0.717) is 12.5 Å². The lowest BCUT2D eigenvalue weighted by molar-refractivity contribution is 0.239. The fourth-order valence-corrected chi connectivity index (χ4v) is 2.68. The van der Waals surface area contributed by atoms with Crippen molar-refractivity contribution in [1.82, 2.24) is 15.5 Å². The van der Waals surface area contributed by atoms with E-state index < -0.39 is 0 Å². The van der Waals surface area contributed by atoms with Gasteiger partial charge >= 0.3 is 6.03 Å². The molecule has 2 N–H and O–H groups in total. The molecule has 1 aliphatic heterocycles. The second-order valence-electron chi connectivity index (χ2n) is 5.57. The molecule has 0 unspecified atom stereocenters. The molecule has 1 aliphatic rings. The number of rotatable bonds is 7. The van der Waals surface area contributed by atoms with E-state index in [1.807, 2.05) is 0 Å². The van der Waals surface area contributed by atoms with Crippen LogP contribution >= 0.6 is 0 Å². The number of hydrogen-bond acceptors (Lipinski definition) is 2. The third-order valence-electron chi connectivity index (χ3n) is 3.89. The summed E-state index contributed by atoms with van der Waals surface area (Å²) >= 11 is 0. The normalized spacial score (nSPS) is 18.4. The van der Waals surface area contributed by atoms with Gasteiger partial charge in [-0.3, -0.25) is 0 Å². The van der Waals surface area contributed by atoms with Crippen LogP contribution in [0.15, 0.2) is 43.0 Å². The number of likely N-dealkylation sites (tertiary alicyclic amines) is 1. The number of hydrogen-bond donors (Lipinski definition) is 2. The number of carbonyl (C=O) groups excluding carboxylic acids is 1. The Balaban J connectivity index is 1.62. The number of nitrogens with one attached hydrogen (secondary N) is 2. The molecule has 0 aliphatic carbocycles. The highest BCUT2D eigenvalue weighted by Crippen LogP contribution is 2.15. The highest BCUT2D eigenvalue weighted by Gasteiger charge is 2.22. The standard InChI is InChI=1S/C17H25N3O/c1-2-10-18-17(21)19-13-16-9-12-20(14-16)11-8-15-6-4-3-5-7-15/h2-7,16H,1,8-14H2,(H2,18,19,21)/t16-/m0/s1. The Morgan fingerprint density at radius 3 is 2.90 bits per heavy atom. The molecule has 114 valence electrons. The highest BCUT2D eigenvalue weighted by atomic mass is 16.2. The molecule has 1 heterocycles. The quantitative estimate of drug-likeness (QED) is 0.754. The van der Waals surface area contributed by atoms with Crippen molar-refractivity contribution >= 4 is 6.03 Å². The molecule has 1 aromatic rings. The molecule has 4 heteroatoms. The Hall–Kier alpha value is -1.81. The van der Waals surface area contributed by atoms with Gasteiger partial charge in [0.2, 0.25) is 0 Å². The van der Waals surface area contributed by atoms with Crippen LogP contribution in [0, 0.1) is 5.92 Å². The maximum atomic E-state index is 11.5. The molecule has 1 aromatic carbocycles. The Bertz CT molecular complexity index is 447. The maximum Gasteiger partial charge on any atom is 0.315 e.